The highest BCUT2D eigenvalue weighted by atomic mass is 16.5. The minimum absolute atomic E-state index is 0.343. The zero-order valence-electron chi connectivity index (χ0n) is 17.2. The fourth-order valence-corrected chi connectivity index (χ4v) is 3.90. The van der Waals surface area contributed by atoms with E-state index in [2.05, 4.69) is 39.6 Å². The van der Waals surface area contributed by atoms with Crippen molar-refractivity contribution in [2.45, 2.75) is 118 Å². The molecule has 0 saturated heterocycles. The smallest absolute Gasteiger partial charge is 0.183 e. The van der Waals surface area contributed by atoms with Gasteiger partial charge >= 0.3 is 0 Å². The predicted octanol–water partition coefficient (Wildman–Crippen LogP) is 7.17. The number of nitrogens with zero attached hydrogens (tertiary/aromatic N) is 1. The van der Waals surface area contributed by atoms with Gasteiger partial charge in [-0.1, -0.05) is 86.0 Å². The highest BCUT2D eigenvalue weighted by Gasteiger charge is 2.24. The lowest BCUT2D eigenvalue weighted by molar-refractivity contribution is 0.167. The van der Waals surface area contributed by atoms with Crippen LogP contribution in [0.2, 0.25) is 0 Å². The van der Waals surface area contributed by atoms with Crippen molar-refractivity contribution in [1.29, 1.82) is 0 Å². The summed E-state index contributed by atoms with van der Waals surface area (Å²) < 4.78 is 6.07. The molecule has 0 unspecified atom stereocenters. The molecule has 0 spiro atoms. The number of ether oxygens (including phenoxy) is 1. The van der Waals surface area contributed by atoms with E-state index in [9.17, 15) is 0 Å². The van der Waals surface area contributed by atoms with Crippen LogP contribution in [0.1, 0.15) is 112 Å². The van der Waals surface area contributed by atoms with Gasteiger partial charge in [0.2, 0.25) is 0 Å². The molecule has 0 aromatic rings. The maximum absolute atomic E-state index is 6.07. The summed E-state index contributed by atoms with van der Waals surface area (Å²) in [6.45, 7) is 12.5. The first-order valence-electron chi connectivity index (χ1n) is 10.6. The molecule has 0 radical (unpaired) electrons. The Kier molecular flexibility index (Phi) is 10.7. The molecule has 1 aliphatic heterocycles. The molecule has 1 aliphatic rings. The Morgan fingerprint density at radius 1 is 1.00 bits per heavy atom. The summed E-state index contributed by atoms with van der Waals surface area (Å²) >= 11 is 0. The molecular formula is C22H43NO. The summed E-state index contributed by atoms with van der Waals surface area (Å²) in [5, 5.41) is 0. The number of hydrogen-bond acceptors (Lipinski definition) is 2. The summed E-state index contributed by atoms with van der Waals surface area (Å²) in [7, 11) is 0. The minimum Gasteiger partial charge on any atom is -0.476 e. The highest BCUT2D eigenvalue weighted by molar-refractivity contribution is 5.77. The van der Waals surface area contributed by atoms with E-state index in [-0.39, 0.29) is 0 Å². The first-order chi connectivity index (χ1) is 11.4. The van der Waals surface area contributed by atoms with Gasteiger partial charge in [0.05, 0.1) is 6.54 Å². The second-order valence-corrected chi connectivity index (χ2v) is 9.16. The van der Waals surface area contributed by atoms with Crippen molar-refractivity contribution in [2.24, 2.45) is 16.3 Å². The fraction of sp³-hybridized carbons (Fsp3) is 0.955. The SMILES string of the molecule is CCCCCCCCCCCC1=NC[C@H](C[C@H](C)CC(C)(C)C)O1. The molecule has 0 N–H and O–H groups in total. The van der Waals surface area contributed by atoms with Gasteiger partial charge in [0.25, 0.3) is 0 Å². The molecule has 2 atom stereocenters. The zero-order chi connectivity index (χ0) is 17.8. The molecule has 0 aromatic heterocycles. The van der Waals surface area contributed by atoms with Crippen LogP contribution in [0.3, 0.4) is 0 Å². The van der Waals surface area contributed by atoms with Crippen molar-refractivity contribution in [3.8, 4) is 0 Å². The summed E-state index contributed by atoms with van der Waals surface area (Å²) in [5.74, 6) is 1.75. The van der Waals surface area contributed by atoms with Crippen molar-refractivity contribution in [2.75, 3.05) is 6.54 Å². The largest absolute Gasteiger partial charge is 0.476 e. The molecule has 0 aliphatic carbocycles. The van der Waals surface area contributed by atoms with Crippen molar-refractivity contribution >= 4 is 5.90 Å². The van der Waals surface area contributed by atoms with Crippen molar-refractivity contribution in [3.05, 3.63) is 0 Å². The molecule has 2 nitrogen and oxygen atoms in total. The van der Waals surface area contributed by atoms with Crippen molar-refractivity contribution in [3.63, 3.8) is 0 Å². The van der Waals surface area contributed by atoms with E-state index in [0.717, 1.165) is 31.2 Å². The average molecular weight is 338 g/mol. The van der Waals surface area contributed by atoms with Gasteiger partial charge < -0.3 is 4.74 Å². The lowest BCUT2D eigenvalue weighted by Gasteiger charge is -2.24. The second kappa shape index (κ2) is 11.9. The summed E-state index contributed by atoms with van der Waals surface area (Å²) in [6, 6.07) is 0. The van der Waals surface area contributed by atoms with Gasteiger partial charge in [-0.05, 0) is 30.6 Å². The second-order valence-electron chi connectivity index (χ2n) is 9.16. The van der Waals surface area contributed by atoms with Crippen LogP contribution in [0.15, 0.2) is 4.99 Å². The Morgan fingerprint density at radius 3 is 2.17 bits per heavy atom. The molecule has 0 fully saturated rings. The van der Waals surface area contributed by atoms with Crippen LogP contribution in [0.25, 0.3) is 0 Å². The van der Waals surface area contributed by atoms with Crippen LogP contribution < -0.4 is 0 Å². The van der Waals surface area contributed by atoms with Crippen molar-refractivity contribution in [1.82, 2.24) is 0 Å². The van der Waals surface area contributed by atoms with Crippen LogP contribution in [-0.4, -0.2) is 18.5 Å². The fourth-order valence-electron chi connectivity index (χ4n) is 3.90. The van der Waals surface area contributed by atoms with Gasteiger partial charge in [-0.3, -0.25) is 4.99 Å². The number of unbranched alkanes of at least 4 members (excludes halogenated alkanes) is 8. The van der Waals surface area contributed by atoms with Crippen LogP contribution in [0, 0.1) is 11.3 Å². The van der Waals surface area contributed by atoms with Crippen LogP contribution >= 0.6 is 0 Å². The maximum Gasteiger partial charge on any atom is 0.183 e. The van der Waals surface area contributed by atoms with E-state index in [1.54, 1.807) is 0 Å². The topological polar surface area (TPSA) is 21.6 Å². The van der Waals surface area contributed by atoms with E-state index in [1.807, 2.05) is 0 Å². The molecule has 142 valence electrons. The number of hydrogen-bond donors (Lipinski definition) is 0. The summed E-state index contributed by atoms with van der Waals surface area (Å²) in [5.41, 5.74) is 0.415. The monoisotopic (exact) mass is 337 g/mol. The molecular weight excluding hydrogens is 294 g/mol. The standard InChI is InChI=1S/C22H43NO/c1-6-7-8-9-10-11-12-13-14-15-21-23-18-20(24-21)16-19(2)17-22(3,4)5/h19-20H,6-18H2,1-5H3/t19-,20-/m0/s1. The molecule has 0 amide bonds. The Labute approximate surface area is 151 Å². The van der Waals surface area contributed by atoms with Gasteiger partial charge in [-0.2, -0.15) is 0 Å². The Morgan fingerprint density at radius 2 is 1.58 bits per heavy atom. The van der Waals surface area contributed by atoms with Gasteiger partial charge in [0.15, 0.2) is 5.90 Å². The lowest BCUT2D eigenvalue weighted by Crippen LogP contribution is -2.20. The van der Waals surface area contributed by atoms with Gasteiger partial charge in [0.1, 0.15) is 6.10 Å². The first-order valence-corrected chi connectivity index (χ1v) is 10.6. The van der Waals surface area contributed by atoms with Crippen LogP contribution in [0.5, 0.6) is 0 Å². The number of aliphatic imine (C=N–C) groups is 1. The lowest BCUT2D eigenvalue weighted by atomic mass is 9.83. The van der Waals surface area contributed by atoms with E-state index in [4.69, 9.17) is 4.74 Å². The first kappa shape index (κ1) is 21.5. The summed E-state index contributed by atoms with van der Waals surface area (Å²) in [4.78, 5) is 4.63. The van der Waals surface area contributed by atoms with E-state index < -0.39 is 0 Å². The quantitative estimate of drug-likeness (QED) is 0.326. The van der Waals surface area contributed by atoms with Crippen molar-refractivity contribution < 1.29 is 4.74 Å². The Hall–Kier alpha value is -0.530. The number of rotatable bonds is 13. The van der Waals surface area contributed by atoms with Gasteiger partial charge in [-0.25, -0.2) is 0 Å². The van der Waals surface area contributed by atoms with E-state index in [1.165, 1.54) is 64.2 Å². The zero-order valence-corrected chi connectivity index (χ0v) is 17.2. The molecule has 24 heavy (non-hydrogen) atoms. The normalized spacial score (nSPS) is 19.2. The molecule has 2 heteroatoms. The van der Waals surface area contributed by atoms with Crippen LogP contribution in [0.4, 0.5) is 0 Å². The van der Waals surface area contributed by atoms with Gasteiger partial charge in [0, 0.05) is 6.42 Å². The minimum atomic E-state index is 0.343. The average Bonchev–Trinajstić information content (AvgIpc) is 2.91. The summed E-state index contributed by atoms with van der Waals surface area (Å²) in [6.07, 6.45) is 16.2. The highest BCUT2D eigenvalue weighted by Crippen LogP contribution is 2.28. The maximum atomic E-state index is 6.07. The molecule has 1 rings (SSSR count). The third kappa shape index (κ3) is 11.1. The molecule has 0 bridgehead atoms. The molecule has 0 aromatic carbocycles. The predicted molar refractivity (Wildman–Crippen MR) is 107 cm³/mol. The van der Waals surface area contributed by atoms with E-state index in [0.29, 0.717) is 11.5 Å². The Bertz CT molecular complexity index is 342. The third-order valence-corrected chi connectivity index (χ3v) is 4.89. The van der Waals surface area contributed by atoms with Crippen LogP contribution in [-0.2, 0) is 4.74 Å². The molecule has 0 saturated carbocycles. The van der Waals surface area contributed by atoms with Gasteiger partial charge in [-0.15, -0.1) is 0 Å². The third-order valence-electron chi connectivity index (χ3n) is 4.89. The molecule has 1 heterocycles. The Balaban J connectivity index is 1.99. The van der Waals surface area contributed by atoms with E-state index >= 15 is 0 Å².